The Morgan fingerprint density at radius 3 is 1.61 bits per heavy atom. The van der Waals surface area contributed by atoms with Crippen LogP contribution in [0.15, 0.2) is 199 Å². The van der Waals surface area contributed by atoms with Gasteiger partial charge in [-0.15, -0.1) is 0 Å². The minimum absolute atomic E-state index is 0.0145. The lowest BCUT2D eigenvalue weighted by molar-refractivity contribution is 0.569. The lowest BCUT2D eigenvalue weighted by Gasteiger charge is -2.32. The fourth-order valence-corrected chi connectivity index (χ4v) is 9.63. The van der Waals surface area contributed by atoms with E-state index < -0.39 is 0 Å². The maximum Gasteiger partial charge on any atom is 0.136 e. The second-order valence-electron chi connectivity index (χ2n) is 21.0. The Kier molecular flexibility index (Phi) is 10.6. The van der Waals surface area contributed by atoms with Crippen molar-refractivity contribution in [1.29, 1.82) is 0 Å². The standard InChI is InChI=1S/C64H59NO/c1-62(2,3)46-35-36-50(42-21-11-10-12-22-42)57(41-46)65(49-26-17-25-44(39-49)51-30-20-34-59-61(51)55-28-14-16-33-58(55)66-59)56-32-15-13-27-53(56)54-31-19-24-43-23-18-29-52(60(43)54)45-37-47(63(4,5)6)40-48(38-45)64(7,8)9/h10-41H,1-9H3. The van der Waals surface area contributed by atoms with Gasteiger partial charge < -0.3 is 9.32 Å². The fourth-order valence-electron chi connectivity index (χ4n) is 9.63. The average Bonchev–Trinajstić information content (AvgIpc) is 3.70. The summed E-state index contributed by atoms with van der Waals surface area (Å²) < 4.78 is 6.42. The van der Waals surface area contributed by atoms with Crippen molar-refractivity contribution in [2.75, 3.05) is 4.90 Å². The van der Waals surface area contributed by atoms with E-state index in [0.717, 1.165) is 55.7 Å². The highest BCUT2D eigenvalue weighted by atomic mass is 16.3. The van der Waals surface area contributed by atoms with Gasteiger partial charge in [0.2, 0.25) is 0 Å². The zero-order valence-corrected chi connectivity index (χ0v) is 39.8. The van der Waals surface area contributed by atoms with E-state index >= 15 is 0 Å². The van der Waals surface area contributed by atoms with E-state index in [4.69, 9.17) is 4.42 Å². The maximum absolute atomic E-state index is 6.42. The van der Waals surface area contributed by atoms with Crippen molar-refractivity contribution in [2.24, 2.45) is 0 Å². The van der Waals surface area contributed by atoms with Crippen molar-refractivity contribution < 1.29 is 4.42 Å². The highest BCUT2D eigenvalue weighted by molar-refractivity contribution is 6.13. The number of hydrogen-bond acceptors (Lipinski definition) is 2. The highest BCUT2D eigenvalue weighted by Crippen LogP contribution is 2.49. The Morgan fingerprint density at radius 1 is 0.333 bits per heavy atom. The van der Waals surface area contributed by atoms with Gasteiger partial charge in [0.15, 0.2) is 0 Å². The number of fused-ring (bicyclic) bond motifs is 4. The molecule has 0 aliphatic carbocycles. The summed E-state index contributed by atoms with van der Waals surface area (Å²) in [4.78, 5) is 2.52. The summed E-state index contributed by atoms with van der Waals surface area (Å²) in [6.07, 6.45) is 0. The molecule has 326 valence electrons. The Hall–Kier alpha value is -7.16. The van der Waals surface area contributed by atoms with Gasteiger partial charge in [-0.25, -0.2) is 0 Å². The molecule has 2 nitrogen and oxygen atoms in total. The average molecular weight is 858 g/mol. The van der Waals surface area contributed by atoms with Crippen molar-refractivity contribution in [2.45, 2.75) is 78.6 Å². The molecule has 66 heavy (non-hydrogen) atoms. The van der Waals surface area contributed by atoms with Gasteiger partial charge in [0.05, 0.1) is 11.4 Å². The first-order chi connectivity index (χ1) is 31.6. The Labute approximate surface area is 391 Å². The Bertz CT molecular complexity index is 3380. The minimum atomic E-state index is -0.0903. The van der Waals surface area contributed by atoms with Crippen LogP contribution in [0.25, 0.3) is 77.2 Å². The van der Waals surface area contributed by atoms with Crippen LogP contribution in [-0.2, 0) is 16.2 Å². The molecule has 0 atom stereocenters. The van der Waals surface area contributed by atoms with Crippen LogP contribution >= 0.6 is 0 Å². The molecular formula is C64H59NO. The number of benzene rings is 9. The zero-order chi connectivity index (χ0) is 46.0. The summed E-state index contributed by atoms with van der Waals surface area (Å²) in [7, 11) is 0. The normalized spacial score (nSPS) is 12.3. The fraction of sp³-hybridized carbons (Fsp3) is 0.188. The van der Waals surface area contributed by atoms with Crippen LogP contribution in [0.3, 0.4) is 0 Å². The third-order valence-corrected chi connectivity index (χ3v) is 13.3. The molecule has 10 aromatic rings. The molecule has 2 heteroatoms. The summed E-state index contributed by atoms with van der Waals surface area (Å²) in [6.45, 7) is 20.9. The molecule has 0 amide bonds. The van der Waals surface area contributed by atoms with Crippen LogP contribution in [0, 0.1) is 0 Å². The van der Waals surface area contributed by atoms with Gasteiger partial charge >= 0.3 is 0 Å². The summed E-state index contributed by atoms with van der Waals surface area (Å²) in [5, 5.41) is 4.71. The summed E-state index contributed by atoms with van der Waals surface area (Å²) in [6, 6.07) is 71.7. The molecule has 0 bridgehead atoms. The van der Waals surface area contributed by atoms with Crippen LogP contribution in [0.1, 0.15) is 79.0 Å². The molecule has 0 unspecified atom stereocenters. The van der Waals surface area contributed by atoms with E-state index in [1.807, 2.05) is 6.07 Å². The third kappa shape index (κ3) is 7.89. The van der Waals surface area contributed by atoms with Crippen molar-refractivity contribution in [1.82, 2.24) is 0 Å². The molecule has 1 aromatic heterocycles. The lowest BCUT2D eigenvalue weighted by atomic mass is 9.78. The molecule has 0 radical (unpaired) electrons. The molecule has 9 aromatic carbocycles. The zero-order valence-electron chi connectivity index (χ0n) is 39.8. The van der Waals surface area contributed by atoms with Crippen LogP contribution < -0.4 is 4.90 Å². The number of hydrogen-bond donors (Lipinski definition) is 0. The lowest BCUT2D eigenvalue weighted by Crippen LogP contribution is -2.16. The van der Waals surface area contributed by atoms with Crippen molar-refractivity contribution in [3.05, 3.63) is 211 Å². The predicted molar refractivity (Wildman–Crippen MR) is 284 cm³/mol. The maximum atomic E-state index is 6.42. The van der Waals surface area contributed by atoms with Crippen LogP contribution in [-0.4, -0.2) is 0 Å². The molecule has 0 aliphatic heterocycles. The van der Waals surface area contributed by atoms with E-state index in [2.05, 4.69) is 255 Å². The smallest absolute Gasteiger partial charge is 0.136 e. The van der Waals surface area contributed by atoms with Gasteiger partial charge in [-0.3, -0.25) is 0 Å². The highest BCUT2D eigenvalue weighted by Gasteiger charge is 2.27. The van der Waals surface area contributed by atoms with Crippen molar-refractivity contribution >= 4 is 49.8 Å². The SMILES string of the molecule is CC(C)(C)c1cc(-c2cccc3cccc(-c4ccccc4N(c4cccc(-c5cccc6oc7ccccc7c56)c4)c4cc(C(C)(C)C)ccc4-c4ccccc4)c23)cc(C(C)(C)C)c1. The van der Waals surface area contributed by atoms with Crippen molar-refractivity contribution in [3.63, 3.8) is 0 Å². The number of para-hydroxylation sites is 2. The van der Waals surface area contributed by atoms with E-state index in [9.17, 15) is 0 Å². The molecule has 0 spiro atoms. The van der Waals surface area contributed by atoms with Gasteiger partial charge in [-0.05, 0) is 113 Å². The second-order valence-corrected chi connectivity index (χ2v) is 21.0. The molecule has 0 N–H and O–H groups in total. The quantitative estimate of drug-likeness (QED) is 0.159. The Balaban J connectivity index is 1.27. The van der Waals surface area contributed by atoms with Gasteiger partial charge in [-0.2, -0.15) is 0 Å². The van der Waals surface area contributed by atoms with Crippen LogP contribution in [0.2, 0.25) is 0 Å². The van der Waals surface area contributed by atoms with E-state index in [1.54, 1.807) is 0 Å². The first-order valence-corrected chi connectivity index (χ1v) is 23.4. The number of furan rings is 1. The summed E-state index contributed by atoms with van der Waals surface area (Å²) in [5.74, 6) is 0. The molecule has 10 rings (SSSR count). The minimum Gasteiger partial charge on any atom is -0.456 e. The number of rotatable bonds is 7. The van der Waals surface area contributed by atoms with Gasteiger partial charge in [0.25, 0.3) is 0 Å². The van der Waals surface area contributed by atoms with Gasteiger partial charge in [-0.1, -0.05) is 220 Å². The summed E-state index contributed by atoms with van der Waals surface area (Å²) >= 11 is 0. The molecule has 0 aliphatic rings. The molecule has 0 saturated heterocycles. The van der Waals surface area contributed by atoms with Gasteiger partial charge in [0.1, 0.15) is 11.2 Å². The van der Waals surface area contributed by atoms with E-state index in [0.29, 0.717) is 0 Å². The molecule has 0 fully saturated rings. The third-order valence-electron chi connectivity index (χ3n) is 13.3. The van der Waals surface area contributed by atoms with Crippen molar-refractivity contribution in [3.8, 4) is 44.5 Å². The Morgan fingerprint density at radius 2 is 0.894 bits per heavy atom. The molecule has 1 heterocycles. The van der Waals surface area contributed by atoms with Crippen LogP contribution in [0.4, 0.5) is 17.1 Å². The van der Waals surface area contributed by atoms with Gasteiger partial charge in [0, 0.05) is 27.6 Å². The van der Waals surface area contributed by atoms with E-state index in [-0.39, 0.29) is 16.2 Å². The largest absolute Gasteiger partial charge is 0.456 e. The monoisotopic (exact) mass is 857 g/mol. The van der Waals surface area contributed by atoms with E-state index in [1.165, 1.54) is 55.3 Å². The number of anilines is 3. The predicted octanol–water partition coefficient (Wildman–Crippen LogP) is 18.8. The first-order valence-electron chi connectivity index (χ1n) is 23.4. The molecular weight excluding hydrogens is 799 g/mol. The van der Waals surface area contributed by atoms with Crippen LogP contribution in [0.5, 0.6) is 0 Å². The first kappa shape index (κ1) is 42.8. The summed E-state index contributed by atoms with van der Waals surface area (Å²) in [5.41, 5.74) is 18.4. The second kappa shape index (κ2) is 16.4. The topological polar surface area (TPSA) is 16.4 Å². The molecule has 0 saturated carbocycles. The number of nitrogens with zero attached hydrogens (tertiary/aromatic N) is 1.